The standard InChI is InChI=1S/C13H12F3NO4/c1-7(18)20-5-4-11(14)13(15,16)8-2-3-9-10(6-8)21-12(19)17-9/h2-3,6,11H,4-5H2,1H3,(H,17,19). The molecule has 1 aromatic heterocycles. The zero-order chi connectivity index (χ0) is 15.6. The highest BCUT2D eigenvalue weighted by molar-refractivity contribution is 5.73. The van der Waals surface area contributed by atoms with E-state index in [4.69, 9.17) is 0 Å². The lowest BCUT2D eigenvalue weighted by Crippen LogP contribution is -2.28. The molecule has 21 heavy (non-hydrogen) atoms. The fraction of sp³-hybridized carbons (Fsp3) is 0.385. The molecule has 0 spiro atoms. The third-order valence-electron chi connectivity index (χ3n) is 2.88. The largest absolute Gasteiger partial charge is 0.466 e. The highest BCUT2D eigenvalue weighted by atomic mass is 19.3. The quantitative estimate of drug-likeness (QED) is 0.861. The summed E-state index contributed by atoms with van der Waals surface area (Å²) in [5, 5.41) is 0. The molecule has 2 rings (SSSR count). The third kappa shape index (κ3) is 3.26. The third-order valence-corrected chi connectivity index (χ3v) is 2.88. The minimum Gasteiger partial charge on any atom is -0.466 e. The molecule has 114 valence electrons. The molecular formula is C13H12F3NO4. The first-order valence-electron chi connectivity index (χ1n) is 6.09. The number of carbonyl (C=O) groups excluding carboxylic acids is 1. The van der Waals surface area contributed by atoms with E-state index in [1.54, 1.807) is 0 Å². The molecule has 5 nitrogen and oxygen atoms in total. The Morgan fingerprint density at radius 3 is 2.86 bits per heavy atom. The first kappa shape index (κ1) is 15.1. The molecule has 0 amide bonds. The molecule has 1 aromatic carbocycles. The summed E-state index contributed by atoms with van der Waals surface area (Å²) in [6.07, 6.45) is -3.17. The number of benzene rings is 1. The van der Waals surface area contributed by atoms with E-state index in [9.17, 15) is 22.8 Å². The Bertz CT molecular complexity index is 707. The summed E-state index contributed by atoms with van der Waals surface area (Å²) in [6.45, 7) is 0.667. The number of H-pyrrole nitrogens is 1. The van der Waals surface area contributed by atoms with Crippen LogP contribution < -0.4 is 5.76 Å². The molecule has 1 heterocycles. The second-order valence-electron chi connectivity index (χ2n) is 4.44. The monoisotopic (exact) mass is 303 g/mol. The first-order chi connectivity index (χ1) is 9.80. The molecule has 0 saturated heterocycles. The molecule has 0 saturated carbocycles. The number of fused-ring (bicyclic) bond motifs is 1. The van der Waals surface area contributed by atoms with Crippen molar-refractivity contribution in [1.29, 1.82) is 0 Å². The van der Waals surface area contributed by atoms with Gasteiger partial charge in [0.25, 0.3) is 0 Å². The number of carbonyl (C=O) groups is 1. The van der Waals surface area contributed by atoms with Crippen LogP contribution in [0, 0.1) is 0 Å². The zero-order valence-corrected chi connectivity index (χ0v) is 11.0. The highest BCUT2D eigenvalue weighted by Crippen LogP contribution is 2.36. The van der Waals surface area contributed by atoms with Crippen molar-refractivity contribution in [2.45, 2.75) is 25.4 Å². The van der Waals surface area contributed by atoms with E-state index in [0.29, 0.717) is 0 Å². The Hall–Kier alpha value is -2.25. The number of nitrogens with one attached hydrogen (secondary N) is 1. The minimum absolute atomic E-state index is 0.0793. The number of esters is 1. The van der Waals surface area contributed by atoms with Gasteiger partial charge in [0.15, 0.2) is 11.8 Å². The molecule has 1 N–H and O–H groups in total. The summed E-state index contributed by atoms with van der Waals surface area (Å²) in [5.74, 6) is -5.23. The molecule has 2 aromatic rings. The molecule has 0 aliphatic heterocycles. The summed E-state index contributed by atoms with van der Waals surface area (Å²) in [6, 6.07) is 3.13. The van der Waals surface area contributed by atoms with Crippen LogP contribution in [-0.4, -0.2) is 23.7 Å². The van der Waals surface area contributed by atoms with Gasteiger partial charge in [0.2, 0.25) is 0 Å². The molecule has 1 unspecified atom stereocenters. The number of hydrogen-bond donors (Lipinski definition) is 1. The Morgan fingerprint density at radius 1 is 1.48 bits per heavy atom. The van der Waals surface area contributed by atoms with Crippen molar-refractivity contribution in [3.8, 4) is 0 Å². The molecule has 0 radical (unpaired) electrons. The van der Waals surface area contributed by atoms with Crippen molar-refractivity contribution < 1.29 is 27.1 Å². The summed E-state index contributed by atoms with van der Waals surface area (Å²) < 4.78 is 50.7. The fourth-order valence-electron chi connectivity index (χ4n) is 1.82. The van der Waals surface area contributed by atoms with Crippen molar-refractivity contribution in [3.63, 3.8) is 0 Å². The molecule has 0 bridgehead atoms. The minimum atomic E-state index is -3.79. The Kier molecular flexibility index (Phi) is 4.06. The summed E-state index contributed by atoms with van der Waals surface area (Å²) in [5.41, 5.74) is -0.452. The topological polar surface area (TPSA) is 72.3 Å². The predicted octanol–water partition coefficient (Wildman–Crippen LogP) is 2.50. The molecule has 0 fully saturated rings. The predicted molar refractivity (Wildman–Crippen MR) is 66.9 cm³/mol. The molecule has 1 atom stereocenters. The van der Waals surface area contributed by atoms with Gasteiger partial charge < -0.3 is 9.15 Å². The van der Waals surface area contributed by atoms with Gasteiger partial charge >= 0.3 is 17.6 Å². The highest BCUT2D eigenvalue weighted by Gasteiger charge is 2.42. The summed E-state index contributed by atoms with van der Waals surface area (Å²) in [4.78, 5) is 23.8. The smallest absolute Gasteiger partial charge is 0.417 e. The molecule has 8 heteroatoms. The summed E-state index contributed by atoms with van der Waals surface area (Å²) >= 11 is 0. The number of hydrogen-bond acceptors (Lipinski definition) is 4. The van der Waals surface area contributed by atoms with Gasteiger partial charge in [-0.25, -0.2) is 9.18 Å². The summed E-state index contributed by atoms with van der Waals surface area (Å²) in [7, 11) is 0. The zero-order valence-electron chi connectivity index (χ0n) is 11.0. The van der Waals surface area contributed by atoms with E-state index in [2.05, 4.69) is 14.1 Å². The van der Waals surface area contributed by atoms with Crippen LogP contribution in [0.4, 0.5) is 13.2 Å². The Balaban J connectivity index is 2.19. The maximum atomic E-state index is 14.0. The van der Waals surface area contributed by atoms with Gasteiger partial charge in [-0.3, -0.25) is 9.78 Å². The van der Waals surface area contributed by atoms with Crippen molar-refractivity contribution >= 4 is 17.1 Å². The molecule has 0 aliphatic carbocycles. The van der Waals surface area contributed by atoms with Crippen molar-refractivity contribution in [3.05, 3.63) is 34.3 Å². The van der Waals surface area contributed by atoms with E-state index in [-0.39, 0.29) is 11.1 Å². The molecular weight excluding hydrogens is 291 g/mol. The lowest BCUT2D eigenvalue weighted by atomic mass is 10.0. The number of halogens is 3. The average molecular weight is 303 g/mol. The van der Waals surface area contributed by atoms with Gasteiger partial charge in [-0.05, 0) is 12.1 Å². The van der Waals surface area contributed by atoms with E-state index >= 15 is 0 Å². The van der Waals surface area contributed by atoms with Gasteiger partial charge in [-0.15, -0.1) is 0 Å². The number of alkyl halides is 3. The van der Waals surface area contributed by atoms with E-state index in [1.807, 2.05) is 0 Å². The maximum absolute atomic E-state index is 14.0. The first-order valence-corrected chi connectivity index (χ1v) is 6.09. The van der Waals surface area contributed by atoms with E-state index in [0.717, 1.165) is 19.1 Å². The number of rotatable bonds is 5. The second-order valence-corrected chi connectivity index (χ2v) is 4.44. The van der Waals surface area contributed by atoms with Crippen LogP contribution in [-0.2, 0) is 15.5 Å². The van der Waals surface area contributed by atoms with Crippen LogP contribution in [0.5, 0.6) is 0 Å². The maximum Gasteiger partial charge on any atom is 0.417 e. The Labute approximate surface area is 116 Å². The van der Waals surface area contributed by atoms with Gasteiger partial charge in [0.05, 0.1) is 12.1 Å². The van der Waals surface area contributed by atoms with Gasteiger partial charge in [0.1, 0.15) is 0 Å². The normalized spacial score (nSPS) is 13.3. The van der Waals surface area contributed by atoms with Crippen LogP contribution in [0.1, 0.15) is 18.9 Å². The van der Waals surface area contributed by atoms with Crippen molar-refractivity contribution in [2.75, 3.05) is 6.61 Å². The van der Waals surface area contributed by atoms with Gasteiger partial charge in [0, 0.05) is 18.9 Å². The lowest BCUT2D eigenvalue weighted by Gasteiger charge is -2.20. The van der Waals surface area contributed by atoms with Crippen molar-refractivity contribution in [2.24, 2.45) is 0 Å². The lowest BCUT2D eigenvalue weighted by molar-refractivity contribution is -0.143. The number of oxazole rings is 1. The number of aromatic amines is 1. The number of aromatic nitrogens is 1. The van der Waals surface area contributed by atoms with Gasteiger partial charge in [-0.2, -0.15) is 8.78 Å². The average Bonchev–Trinajstić information content (AvgIpc) is 2.76. The SMILES string of the molecule is CC(=O)OCCC(F)C(F)(F)c1ccc2[nH]c(=O)oc2c1. The van der Waals surface area contributed by atoms with Gasteiger partial charge in [-0.1, -0.05) is 6.07 Å². The van der Waals surface area contributed by atoms with Crippen LogP contribution in [0.15, 0.2) is 27.4 Å². The van der Waals surface area contributed by atoms with Crippen LogP contribution in [0.25, 0.3) is 11.1 Å². The van der Waals surface area contributed by atoms with Crippen LogP contribution >= 0.6 is 0 Å². The fourth-order valence-corrected chi connectivity index (χ4v) is 1.82. The second kappa shape index (κ2) is 5.63. The number of ether oxygens (including phenoxy) is 1. The van der Waals surface area contributed by atoms with E-state index < -0.39 is 42.4 Å². The van der Waals surface area contributed by atoms with Crippen LogP contribution in [0.3, 0.4) is 0 Å². The van der Waals surface area contributed by atoms with Crippen molar-refractivity contribution in [1.82, 2.24) is 4.98 Å². The van der Waals surface area contributed by atoms with Crippen LogP contribution in [0.2, 0.25) is 0 Å². The van der Waals surface area contributed by atoms with E-state index in [1.165, 1.54) is 6.07 Å². The Morgan fingerprint density at radius 2 is 2.19 bits per heavy atom. The molecule has 0 aliphatic rings.